The smallest absolute Gasteiger partial charge is 0.230 e. The fourth-order valence-electron chi connectivity index (χ4n) is 2.77. The summed E-state index contributed by atoms with van der Waals surface area (Å²) in [5.74, 6) is 0.323. The Morgan fingerprint density at radius 3 is 2.64 bits per heavy atom. The molecule has 22 heavy (non-hydrogen) atoms. The molecule has 2 aromatic heterocycles. The summed E-state index contributed by atoms with van der Waals surface area (Å²) in [7, 11) is 0. The van der Waals surface area contributed by atoms with Gasteiger partial charge in [-0.25, -0.2) is 15.0 Å². The Kier molecular flexibility index (Phi) is 4.75. The summed E-state index contributed by atoms with van der Waals surface area (Å²) >= 11 is 1.39. The number of carbonyl (C=O) groups is 1. The number of hydrogen-bond donors (Lipinski definition) is 2. The Morgan fingerprint density at radius 2 is 1.95 bits per heavy atom. The molecular weight excluding hydrogens is 298 g/mol. The van der Waals surface area contributed by atoms with E-state index in [4.69, 9.17) is 0 Å². The van der Waals surface area contributed by atoms with Crippen LogP contribution in [0.4, 0.5) is 0 Å². The number of hydrogen-bond acceptors (Lipinski definition) is 5. The zero-order chi connectivity index (χ0) is 16.4. The van der Waals surface area contributed by atoms with Crippen molar-refractivity contribution in [2.45, 2.75) is 51.6 Å². The number of amides is 1. The number of H-pyrrole nitrogens is 1. The number of nitrogens with zero attached hydrogens (tertiary/aromatic N) is 3. The lowest BCUT2D eigenvalue weighted by molar-refractivity contribution is -0.120. The third-order valence-electron chi connectivity index (χ3n) is 2.98. The maximum Gasteiger partial charge on any atom is 0.230 e. The molecule has 0 saturated heterocycles. The van der Waals surface area contributed by atoms with Gasteiger partial charge in [-0.05, 0) is 25.7 Å². The molecule has 2 heterocycles. The van der Waals surface area contributed by atoms with Crippen LogP contribution in [0.25, 0.3) is 11.2 Å². The van der Waals surface area contributed by atoms with Crippen molar-refractivity contribution in [1.29, 1.82) is 0 Å². The molecule has 120 valence electrons. The Labute approximate surface area is 134 Å². The molecule has 0 aliphatic heterocycles. The second-order valence-corrected chi connectivity index (χ2v) is 8.20. The van der Waals surface area contributed by atoms with Crippen LogP contribution in [-0.2, 0) is 4.79 Å². The third kappa shape index (κ3) is 4.69. The van der Waals surface area contributed by atoms with E-state index in [-0.39, 0.29) is 16.9 Å². The standard InChI is InChI=1S/C15H23N5OS/c1-14(2,3)7-15(4,5)20-10(21)6-22-13-11-12(17-8-16-11)18-9-19-13/h8-9H,6-7H2,1-5H3,(H,20,21)(H,16,17,18,19). The van der Waals surface area contributed by atoms with E-state index in [1.165, 1.54) is 18.1 Å². The van der Waals surface area contributed by atoms with Gasteiger partial charge in [0.1, 0.15) is 16.9 Å². The van der Waals surface area contributed by atoms with Crippen LogP contribution in [0.2, 0.25) is 0 Å². The molecule has 0 atom stereocenters. The number of aromatic nitrogens is 4. The van der Waals surface area contributed by atoms with Crippen molar-refractivity contribution >= 4 is 28.8 Å². The van der Waals surface area contributed by atoms with Gasteiger partial charge in [0.2, 0.25) is 5.91 Å². The van der Waals surface area contributed by atoms with Gasteiger partial charge in [-0.15, -0.1) is 0 Å². The quantitative estimate of drug-likeness (QED) is 0.653. The van der Waals surface area contributed by atoms with Gasteiger partial charge < -0.3 is 10.3 Å². The van der Waals surface area contributed by atoms with E-state index >= 15 is 0 Å². The van der Waals surface area contributed by atoms with Crippen LogP contribution in [0.1, 0.15) is 41.0 Å². The zero-order valence-electron chi connectivity index (χ0n) is 13.7. The number of fused-ring (bicyclic) bond motifs is 1. The Bertz CT molecular complexity index is 659. The SMILES string of the molecule is CC(C)(C)CC(C)(C)NC(=O)CSc1ncnc2nc[nH]c12. The van der Waals surface area contributed by atoms with Crippen molar-refractivity contribution in [3.63, 3.8) is 0 Å². The van der Waals surface area contributed by atoms with Gasteiger partial charge >= 0.3 is 0 Å². The van der Waals surface area contributed by atoms with E-state index in [1.807, 2.05) is 0 Å². The van der Waals surface area contributed by atoms with Crippen LogP contribution in [-0.4, -0.2) is 37.1 Å². The van der Waals surface area contributed by atoms with Crippen LogP contribution in [0.3, 0.4) is 0 Å². The van der Waals surface area contributed by atoms with Gasteiger partial charge in [0.05, 0.1) is 12.1 Å². The molecule has 0 spiro atoms. The van der Waals surface area contributed by atoms with E-state index in [2.05, 4.69) is 59.9 Å². The van der Waals surface area contributed by atoms with Crippen molar-refractivity contribution in [3.05, 3.63) is 12.7 Å². The van der Waals surface area contributed by atoms with E-state index in [1.54, 1.807) is 6.33 Å². The summed E-state index contributed by atoms with van der Waals surface area (Å²) in [5.41, 5.74) is 1.32. The predicted molar refractivity (Wildman–Crippen MR) is 88.7 cm³/mol. The molecule has 2 aromatic rings. The van der Waals surface area contributed by atoms with Crippen molar-refractivity contribution in [2.24, 2.45) is 5.41 Å². The maximum absolute atomic E-state index is 12.2. The monoisotopic (exact) mass is 321 g/mol. The average molecular weight is 321 g/mol. The molecule has 1 amide bonds. The molecule has 0 unspecified atom stereocenters. The highest BCUT2D eigenvalue weighted by atomic mass is 32.2. The first-order valence-corrected chi connectivity index (χ1v) is 8.23. The normalized spacial score (nSPS) is 12.6. The highest BCUT2D eigenvalue weighted by molar-refractivity contribution is 8.00. The predicted octanol–water partition coefficient (Wildman–Crippen LogP) is 2.78. The van der Waals surface area contributed by atoms with Gasteiger partial charge in [0.15, 0.2) is 5.65 Å². The van der Waals surface area contributed by atoms with Crippen molar-refractivity contribution in [1.82, 2.24) is 25.3 Å². The highest BCUT2D eigenvalue weighted by Gasteiger charge is 2.27. The van der Waals surface area contributed by atoms with Crippen LogP contribution >= 0.6 is 11.8 Å². The minimum absolute atomic E-state index is 0.00512. The van der Waals surface area contributed by atoms with Crippen molar-refractivity contribution < 1.29 is 4.79 Å². The first kappa shape index (κ1) is 16.7. The molecule has 0 bridgehead atoms. The van der Waals surface area contributed by atoms with Gasteiger partial charge in [-0.2, -0.15) is 0 Å². The molecular formula is C15H23N5OS. The molecule has 0 saturated carbocycles. The molecule has 2 N–H and O–H groups in total. The summed E-state index contributed by atoms with van der Waals surface area (Å²) in [6.07, 6.45) is 3.96. The molecule has 0 aliphatic carbocycles. The molecule has 0 fully saturated rings. The van der Waals surface area contributed by atoms with Crippen molar-refractivity contribution in [3.8, 4) is 0 Å². The van der Waals surface area contributed by atoms with Gasteiger partial charge in [0.25, 0.3) is 0 Å². The second-order valence-electron chi connectivity index (χ2n) is 7.24. The van der Waals surface area contributed by atoms with E-state index < -0.39 is 0 Å². The number of thioether (sulfide) groups is 1. The topological polar surface area (TPSA) is 83.6 Å². The molecule has 0 radical (unpaired) electrons. The number of imidazole rings is 1. The lowest BCUT2D eigenvalue weighted by atomic mass is 9.82. The number of nitrogens with one attached hydrogen (secondary N) is 2. The summed E-state index contributed by atoms with van der Waals surface area (Å²) in [6.45, 7) is 10.6. The van der Waals surface area contributed by atoms with Gasteiger partial charge in [0, 0.05) is 5.54 Å². The average Bonchev–Trinajstić information content (AvgIpc) is 2.81. The lowest BCUT2D eigenvalue weighted by Crippen LogP contribution is -2.46. The number of carbonyl (C=O) groups excluding carboxylic acids is 1. The molecule has 0 aliphatic rings. The first-order valence-electron chi connectivity index (χ1n) is 7.24. The third-order valence-corrected chi connectivity index (χ3v) is 3.97. The minimum Gasteiger partial charge on any atom is -0.350 e. The molecule has 0 aromatic carbocycles. The second kappa shape index (κ2) is 6.24. The summed E-state index contributed by atoms with van der Waals surface area (Å²) in [4.78, 5) is 27.5. The molecule has 6 nitrogen and oxygen atoms in total. The molecule has 7 heteroatoms. The summed E-state index contributed by atoms with van der Waals surface area (Å²) < 4.78 is 0. The first-order chi connectivity index (χ1) is 10.2. The zero-order valence-corrected chi connectivity index (χ0v) is 14.5. The largest absolute Gasteiger partial charge is 0.350 e. The minimum atomic E-state index is -0.231. The molecule has 2 rings (SSSR count). The summed E-state index contributed by atoms with van der Waals surface area (Å²) in [5, 5.41) is 3.84. The fraction of sp³-hybridized carbons (Fsp3) is 0.600. The van der Waals surface area contributed by atoms with E-state index in [9.17, 15) is 4.79 Å². The lowest BCUT2D eigenvalue weighted by Gasteiger charge is -2.33. The summed E-state index contributed by atoms with van der Waals surface area (Å²) in [6, 6.07) is 0. The number of aromatic amines is 1. The van der Waals surface area contributed by atoms with E-state index in [0.717, 1.165) is 17.0 Å². The Morgan fingerprint density at radius 1 is 1.23 bits per heavy atom. The van der Waals surface area contributed by atoms with Crippen molar-refractivity contribution in [2.75, 3.05) is 5.75 Å². The fourth-order valence-corrected chi connectivity index (χ4v) is 3.53. The Hall–Kier alpha value is -1.63. The maximum atomic E-state index is 12.2. The van der Waals surface area contributed by atoms with Gasteiger partial charge in [-0.3, -0.25) is 4.79 Å². The van der Waals surface area contributed by atoms with E-state index in [0.29, 0.717) is 11.4 Å². The van der Waals surface area contributed by atoms with Gasteiger partial charge in [-0.1, -0.05) is 32.5 Å². The van der Waals surface area contributed by atoms with Crippen LogP contribution in [0.15, 0.2) is 17.7 Å². The number of rotatable bonds is 5. The highest BCUT2D eigenvalue weighted by Crippen LogP contribution is 2.27. The van der Waals surface area contributed by atoms with Crippen LogP contribution in [0.5, 0.6) is 0 Å². The van der Waals surface area contributed by atoms with Crippen LogP contribution in [0, 0.1) is 5.41 Å². The van der Waals surface area contributed by atoms with Crippen LogP contribution < -0.4 is 5.32 Å². The Balaban J connectivity index is 1.94.